The predicted molar refractivity (Wildman–Crippen MR) is 57.6 cm³/mol. The highest BCUT2D eigenvalue weighted by Crippen LogP contribution is 2.62. The first-order valence-corrected chi connectivity index (χ1v) is 6.07. The van der Waals surface area contributed by atoms with E-state index in [-0.39, 0.29) is 0 Å². The molecule has 0 aliphatic heterocycles. The molecule has 2 bridgehead atoms. The van der Waals surface area contributed by atoms with Gasteiger partial charge in [0.15, 0.2) is 0 Å². The van der Waals surface area contributed by atoms with Gasteiger partial charge in [0.2, 0.25) is 0 Å². The molecule has 2 saturated carbocycles. The predicted octanol–water partition coefficient (Wildman–Crippen LogP) is 4.10. The normalized spacial score (nSPS) is 36.5. The molecule has 0 aromatic carbocycles. The van der Waals surface area contributed by atoms with Crippen LogP contribution in [0.1, 0.15) is 53.4 Å². The molecule has 13 heavy (non-hydrogen) atoms. The van der Waals surface area contributed by atoms with Crippen LogP contribution < -0.4 is 0 Å². The number of hydrogen-bond donors (Lipinski definition) is 0. The van der Waals surface area contributed by atoms with Gasteiger partial charge in [-0.3, -0.25) is 0 Å². The molecule has 0 aromatic rings. The van der Waals surface area contributed by atoms with Crippen molar-refractivity contribution in [2.24, 2.45) is 29.1 Å². The van der Waals surface area contributed by atoms with Crippen molar-refractivity contribution < 1.29 is 0 Å². The zero-order chi connectivity index (χ0) is 9.64. The Labute approximate surface area is 83.1 Å². The van der Waals surface area contributed by atoms with E-state index in [4.69, 9.17) is 0 Å². The first-order chi connectivity index (χ1) is 6.07. The van der Waals surface area contributed by atoms with Gasteiger partial charge >= 0.3 is 0 Å². The molecule has 0 heteroatoms. The van der Waals surface area contributed by atoms with Crippen LogP contribution in [0.5, 0.6) is 0 Å². The third kappa shape index (κ3) is 1.17. The SMILES string of the molecule is CC(C)C1(C(C)C)CC2CCC1C2. The number of fused-ring (bicyclic) bond motifs is 2. The summed E-state index contributed by atoms with van der Waals surface area (Å²) in [4.78, 5) is 0. The molecule has 0 nitrogen and oxygen atoms in total. The van der Waals surface area contributed by atoms with E-state index in [1.54, 1.807) is 6.42 Å². The molecule has 0 saturated heterocycles. The summed E-state index contributed by atoms with van der Waals surface area (Å²) < 4.78 is 0. The van der Waals surface area contributed by atoms with Gasteiger partial charge in [0, 0.05) is 0 Å². The lowest BCUT2D eigenvalue weighted by molar-refractivity contribution is 0.0377. The molecule has 2 atom stereocenters. The number of rotatable bonds is 2. The second-order valence-electron chi connectivity index (χ2n) is 6.00. The Morgan fingerprint density at radius 2 is 1.62 bits per heavy atom. The fraction of sp³-hybridized carbons (Fsp3) is 1.00. The Balaban J connectivity index is 2.25. The Hall–Kier alpha value is 0. The molecule has 0 N–H and O–H groups in total. The molecule has 2 fully saturated rings. The van der Waals surface area contributed by atoms with Gasteiger partial charge in [-0.2, -0.15) is 0 Å². The van der Waals surface area contributed by atoms with Crippen LogP contribution in [-0.4, -0.2) is 0 Å². The smallest absolute Gasteiger partial charge is 0.0220 e. The average Bonchev–Trinajstić information content (AvgIpc) is 2.61. The first-order valence-electron chi connectivity index (χ1n) is 6.07. The summed E-state index contributed by atoms with van der Waals surface area (Å²) in [5.74, 6) is 3.94. The summed E-state index contributed by atoms with van der Waals surface area (Å²) in [5.41, 5.74) is 0.711. The molecular formula is C13H24. The van der Waals surface area contributed by atoms with Gasteiger partial charge in [0.05, 0.1) is 0 Å². The Morgan fingerprint density at radius 3 is 1.85 bits per heavy atom. The summed E-state index contributed by atoms with van der Waals surface area (Å²) >= 11 is 0. The molecule has 2 unspecified atom stereocenters. The van der Waals surface area contributed by atoms with Crippen LogP contribution in [0.2, 0.25) is 0 Å². The van der Waals surface area contributed by atoms with E-state index in [0.717, 1.165) is 23.7 Å². The van der Waals surface area contributed by atoms with Crippen molar-refractivity contribution >= 4 is 0 Å². The van der Waals surface area contributed by atoms with Gasteiger partial charge in [-0.1, -0.05) is 34.1 Å². The van der Waals surface area contributed by atoms with Crippen LogP contribution in [0.3, 0.4) is 0 Å². The van der Waals surface area contributed by atoms with Gasteiger partial charge in [0.25, 0.3) is 0 Å². The van der Waals surface area contributed by atoms with E-state index in [0.29, 0.717) is 5.41 Å². The molecule has 0 amide bonds. The zero-order valence-corrected chi connectivity index (χ0v) is 9.64. The quantitative estimate of drug-likeness (QED) is 0.600. The maximum Gasteiger partial charge on any atom is -0.0220 e. The minimum atomic E-state index is 0.711. The van der Waals surface area contributed by atoms with E-state index < -0.39 is 0 Å². The fourth-order valence-corrected chi connectivity index (χ4v) is 4.50. The summed E-state index contributed by atoms with van der Waals surface area (Å²) in [5, 5.41) is 0. The molecule has 0 aromatic heterocycles. The van der Waals surface area contributed by atoms with Crippen molar-refractivity contribution in [3.05, 3.63) is 0 Å². The minimum Gasteiger partial charge on any atom is -0.0622 e. The lowest BCUT2D eigenvalue weighted by Crippen LogP contribution is -2.38. The zero-order valence-electron chi connectivity index (χ0n) is 9.64. The monoisotopic (exact) mass is 180 g/mol. The van der Waals surface area contributed by atoms with E-state index in [9.17, 15) is 0 Å². The highest BCUT2D eigenvalue weighted by Gasteiger charge is 2.53. The molecule has 0 heterocycles. The van der Waals surface area contributed by atoms with E-state index in [2.05, 4.69) is 27.7 Å². The third-order valence-corrected chi connectivity index (χ3v) is 5.09. The van der Waals surface area contributed by atoms with Gasteiger partial charge in [0.1, 0.15) is 0 Å². The molecule has 0 spiro atoms. The molecule has 2 aliphatic carbocycles. The van der Waals surface area contributed by atoms with Crippen molar-refractivity contribution in [2.75, 3.05) is 0 Å². The summed E-state index contributed by atoms with van der Waals surface area (Å²) in [6.45, 7) is 9.78. The van der Waals surface area contributed by atoms with Crippen molar-refractivity contribution in [1.29, 1.82) is 0 Å². The lowest BCUT2D eigenvalue weighted by atomic mass is 9.60. The van der Waals surface area contributed by atoms with Crippen LogP contribution in [0, 0.1) is 29.1 Å². The number of hydrogen-bond acceptors (Lipinski definition) is 0. The first kappa shape index (κ1) is 9.55. The fourth-order valence-electron chi connectivity index (χ4n) is 4.50. The molecule has 76 valence electrons. The largest absolute Gasteiger partial charge is 0.0622 e. The summed E-state index contributed by atoms with van der Waals surface area (Å²) in [7, 11) is 0. The standard InChI is InChI=1S/C13H24/c1-9(2)13(10(3)4)8-11-5-6-12(13)7-11/h9-12H,5-8H2,1-4H3. The maximum atomic E-state index is 2.45. The second-order valence-corrected chi connectivity index (χ2v) is 6.00. The van der Waals surface area contributed by atoms with E-state index in [1.165, 1.54) is 19.3 Å². The van der Waals surface area contributed by atoms with Crippen LogP contribution in [0.4, 0.5) is 0 Å². The van der Waals surface area contributed by atoms with Gasteiger partial charge in [-0.15, -0.1) is 0 Å². The Kier molecular flexibility index (Phi) is 2.20. The van der Waals surface area contributed by atoms with Crippen LogP contribution in [-0.2, 0) is 0 Å². The summed E-state index contributed by atoms with van der Waals surface area (Å²) in [6.07, 6.45) is 6.15. The van der Waals surface area contributed by atoms with Crippen molar-refractivity contribution in [1.82, 2.24) is 0 Å². The third-order valence-electron chi connectivity index (χ3n) is 5.09. The highest BCUT2D eigenvalue weighted by molar-refractivity contribution is 5.03. The Bertz CT molecular complexity index is 182. The van der Waals surface area contributed by atoms with E-state index in [1.807, 2.05) is 0 Å². The topological polar surface area (TPSA) is 0 Å². The Morgan fingerprint density at radius 1 is 1.00 bits per heavy atom. The van der Waals surface area contributed by atoms with E-state index >= 15 is 0 Å². The van der Waals surface area contributed by atoms with Crippen molar-refractivity contribution in [3.63, 3.8) is 0 Å². The summed E-state index contributed by atoms with van der Waals surface area (Å²) in [6, 6.07) is 0. The second kappa shape index (κ2) is 3.00. The molecular weight excluding hydrogens is 156 g/mol. The van der Waals surface area contributed by atoms with Crippen molar-refractivity contribution in [2.45, 2.75) is 53.4 Å². The molecule has 0 radical (unpaired) electrons. The molecule has 2 aliphatic rings. The van der Waals surface area contributed by atoms with Gasteiger partial charge < -0.3 is 0 Å². The molecule has 2 rings (SSSR count). The minimum absolute atomic E-state index is 0.711. The van der Waals surface area contributed by atoms with Gasteiger partial charge in [-0.05, 0) is 48.3 Å². The lowest BCUT2D eigenvalue weighted by Gasteiger charge is -2.45. The van der Waals surface area contributed by atoms with Gasteiger partial charge in [-0.25, -0.2) is 0 Å². The van der Waals surface area contributed by atoms with Crippen LogP contribution in [0.15, 0.2) is 0 Å². The highest BCUT2D eigenvalue weighted by atomic mass is 14.6. The van der Waals surface area contributed by atoms with Crippen molar-refractivity contribution in [3.8, 4) is 0 Å². The van der Waals surface area contributed by atoms with Crippen LogP contribution in [0.25, 0.3) is 0 Å². The maximum absolute atomic E-state index is 2.45. The van der Waals surface area contributed by atoms with Crippen LogP contribution >= 0.6 is 0 Å². The average molecular weight is 180 g/mol.